The minimum atomic E-state index is -0.110. The Kier molecular flexibility index (Phi) is 4.19. The molecule has 2 rings (SSSR count). The third-order valence-electron chi connectivity index (χ3n) is 2.63. The SMILES string of the molecule is Cc1c(Br)cccc1C(=O)Nc1ccccc1Br. The smallest absolute Gasteiger partial charge is 0.255 e. The van der Waals surface area contributed by atoms with Gasteiger partial charge in [0.05, 0.1) is 5.69 Å². The molecule has 2 nitrogen and oxygen atoms in total. The van der Waals surface area contributed by atoms with Crippen molar-refractivity contribution in [2.75, 3.05) is 5.32 Å². The second-order valence-corrected chi connectivity index (χ2v) is 5.56. The topological polar surface area (TPSA) is 29.1 Å². The summed E-state index contributed by atoms with van der Waals surface area (Å²) < 4.78 is 1.80. The van der Waals surface area contributed by atoms with Gasteiger partial charge in [-0.05, 0) is 52.7 Å². The van der Waals surface area contributed by atoms with Crippen molar-refractivity contribution < 1.29 is 4.79 Å². The van der Waals surface area contributed by atoms with Crippen LogP contribution in [0.25, 0.3) is 0 Å². The number of nitrogens with one attached hydrogen (secondary N) is 1. The molecule has 0 saturated heterocycles. The van der Waals surface area contributed by atoms with E-state index < -0.39 is 0 Å². The summed E-state index contributed by atoms with van der Waals surface area (Å²) >= 11 is 6.83. The van der Waals surface area contributed by atoms with Crippen LogP contribution in [0.15, 0.2) is 51.4 Å². The largest absolute Gasteiger partial charge is 0.321 e. The zero-order valence-electron chi connectivity index (χ0n) is 9.71. The van der Waals surface area contributed by atoms with E-state index in [4.69, 9.17) is 0 Å². The van der Waals surface area contributed by atoms with E-state index in [9.17, 15) is 4.79 Å². The number of para-hydroxylation sites is 1. The molecular weight excluding hydrogens is 358 g/mol. The van der Waals surface area contributed by atoms with Gasteiger partial charge in [0.15, 0.2) is 0 Å². The second kappa shape index (κ2) is 5.67. The van der Waals surface area contributed by atoms with Crippen molar-refractivity contribution >= 4 is 43.5 Å². The maximum Gasteiger partial charge on any atom is 0.255 e. The average molecular weight is 369 g/mol. The number of hydrogen-bond acceptors (Lipinski definition) is 1. The normalized spacial score (nSPS) is 10.2. The van der Waals surface area contributed by atoms with Crippen molar-refractivity contribution in [3.8, 4) is 0 Å². The first-order valence-corrected chi connectivity index (χ1v) is 6.99. The van der Waals surface area contributed by atoms with Crippen LogP contribution in [-0.2, 0) is 0 Å². The Balaban J connectivity index is 2.28. The van der Waals surface area contributed by atoms with Gasteiger partial charge >= 0.3 is 0 Å². The van der Waals surface area contributed by atoms with Crippen LogP contribution in [0.5, 0.6) is 0 Å². The molecule has 2 aromatic carbocycles. The molecule has 0 aliphatic rings. The highest BCUT2D eigenvalue weighted by atomic mass is 79.9. The van der Waals surface area contributed by atoms with E-state index >= 15 is 0 Å². The van der Waals surface area contributed by atoms with Crippen LogP contribution < -0.4 is 5.32 Å². The molecule has 0 aliphatic heterocycles. The maximum atomic E-state index is 12.2. The molecule has 0 aliphatic carbocycles. The van der Waals surface area contributed by atoms with Crippen molar-refractivity contribution in [1.82, 2.24) is 0 Å². The fraction of sp³-hybridized carbons (Fsp3) is 0.0714. The molecule has 0 atom stereocenters. The molecule has 18 heavy (non-hydrogen) atoms. The molecule has 0 unspecified atom stereocenters. The summed E-state index contributed by atoms with van der Waals surface area (Å²) in [5, 5.41) is 2.89. The van der Waals surface area contributed by atoms with Crippen LogP contribution in [0, 0.1) is 6.92 Å². The van der Waals surface area contributed by atoms with Gasteiger partial charge in [-0.25, -0.2) is 0 Å². The third-order valence-corrected chi connectivity index (χ3v) is 4.18. The predicted molar refractivity (Wildman–Crippen MR) is 81.0 cm³/mol. The van der Waals surface area contributed by atoms with Gasteiger partial charge in [0, 0.05) is 14.5 Å². The van der Waals surface area contributed by atoms with Crippen molar-refractivity contribution in [2.24, 2.45) is 0 Å². The van der Waals surface area contributed by atoms with E-state index in [-0.39, 0.29) is 5.91 Å². The fourth-order valence-electron chi connectivity index (χ4n) is 1.61. The first kappa shape index (κ1) is 13.3. The Labute approximate surface area is 123 Å². The van der Waals surface area contributed by atoms with E-state index in [0.29, 0.717) is 5.56 Å². The van der Waals surface area contributed by atoms with Gasteiger partial charge < -0.3 is 5.32 Å². The van der Waals surface area contributed by atoms with Crippen LogP contribution in [0.2, 0.25) is 0 Å². The molecule has 0 fully saturated rings. The number of hydrogen-bond donors (Lipinski definition) is 1. The number of carbonyl (C=O) groups excluding carboxylic acids is 1. The Morgan fingerprint density at radius 2 is 1.67 bits per heavy atom. The van der Waals surface area contributed by atoms with E-state index in [1.165, 1.54) is 0 Å². The van der Waals surface area contributed by atoms with Gasteiger partial charge in [-0.15, -0.1) is 0 Å². The molecule has 4 heteroatoms. The number of halogens is 2. The zero-order chi connectivity index (χ0) is 13.1. The van der Waals surface area contributed by atoms with Gasteiger partial charge in [0.25, 0.3) is 5.91 Å². The molecule has 0 aromatic heterocycles. The van der Waals surface area contributed by atoms with E-state index in [1.807, 2.05) is 49.4 Å². The number of amides is 1. The Bertz CT molecular complexity index is 596. The van der Waals surface area contributed by atoms with Gasteiger partial charge in [0.1, 0.15) is 0 Å². The summed E-state index contributed by atoms with van der Waals surface area (Å²) in [5.41, 5.74) is 2.36. The molecule has 0 heterocycles. The second-order valence-electron chi connectivity index (χ2n) is 3.85. The number of benzene rings is 2. The van der Waals surface area contributed by atoms with Crippen LogP contribution in [0.3, 0.4) is 0 Å². The zero-order valence-corrected chi connectivity index (χ0v) is 12.9. The number of carbonyl (C=O) groups is 1. The quantitative estimate of drug-likeness (QED) is 0.812. The molecule has 0 spiro atoms. The first-order chi connectivity index (χ1) is 8.59. The van der Waals surface area contributed by atoms with Crippen LogP contribution >= 0.6 is 31.9 Å². The van der Waals surface area contributed by atoms with Gasteiger partial charge in [0.2, 0.25) is 0 Å². The molecule has 0 bridgehead atoms. The van der Waals surface area contributed by atoms with Crippen molar-refractivity contribution in [1.29, 1.82) is 0 Å². The first-order valence-electron chi connectivity index (χ1n) is 5.40. The van der Waals surface area contributed by atoms with Crippen LogP contribution in [0.1, 0.15) is 15.9 Å². The van der Waals surface area contributed by atoms with Crippen LogP contribution in [-0.4, -0.2) is 5.91 Å². The van der Waals surface area contributed by atoms with Crippen molar-refractivity contribution in [3.63, 3.8) is 0 Å². The highest BCUT2D eigenvalue weighted by Crippen LogP contribution is 2.24. The van der Waals surface area contributed by atoms with Gasteiger partial charge in [-0.1, -0.05) is 34.1 Å². The standard InChI is InChI=1S/C14H11Br2NO/c1-9-10(5-4-7-11(9)15)14(18)17-13-8-3-2-6-12(13)16/h2-8H,1H3,(H,17,18). The number of rotatable bonds is 2. The van der Waals surface area contributed by atoms with E-state index in [2.05, 4.69) is 37.2 Å². The molecular formula is C14H11Br2NO. The van der Waals surface area contributed by atoms with E-state index in [1.54, 1.807) is 0 Å². The highest BCUT2D eigenvalue weighted by molar-refractivity contribution is 9.10. The minimum Gasteiger partial charge on any atom is -0.321 e. The lowest BCUT2D eigenvalue weighted by atomic mass is 10.1. The average Bonchev–Trinajstić information content (AvgIpc) is 2.35. The highest BCUT2D eigenvalue weighted by Gasteiger charge is 2.11. The lowest BCUT2D eigenvalue weighted by molar-refractivity contribution is 0.102. The summed E-state index contributed by atoms with van der Waals surface area (Å²) in [5.74, 6) is -0.110. The summed E-state index contributed by atoms with van der Waals surface area (Å²) in [7, 11) is 0. The summed E-state index contributed by atoms with van der Waals surface area (Å²) in [6.45, 7) is 1.92. The third kappa shape index (κ3) is 2.82. The Morgan fingerprint density at radius 1 is 1.00 bits per heavy atom. The molecule has 1 amide bonds. The minimum absolute atomic E-state index is 0.110. The molecule has 0 saturated carbocycles. The Hall–Kier alpha value is -1.13. The lowest BCUT2D eigenvalue weighted by Gasteiger charge is -2.10. The summed E-state index contributed by atoms with van der Waals surface area (Å²) in [6, 6.07) is 13.1. The van der Waals surface area contributed by atoms with Gasteiger partial charge in [-0.2, -0.15) is 0 Å². The van der Waals surface area contributed by atoms with E-state index in [0.717, 1.165) is 20.2 Å². The maximum absolute atomic E-state index is 12.2. The molecule has 2 aromatic rings. The monoisotopic (exact) mass is 367 g/mol. The van der Waals surface area contributed by atoms with Gasteiger partial charge in [-0.3, -0.25) is 4.79 Å². The molecule has 92 valence electrons. The van der Waals surface area contributed by atoms with Crippen molar-refractivity contribution in [2.45, 2.75) is 6.92 Å². The predicted octanol–water partition coefficient (Wildman–Crippen LogP) is 4.77. The van der Waals surface area contributed by atoms with Crippen LogP contribution in [0.4, 0.5) is 5.69 Å². The Morgan fingerprint density at radius 3 is 2.39 bits per heavy atom. The summed E-state index contributed by atoms with van der Waals surface area (Å²) in [4.78, 5) is 12.2. The van der Waals surface area contributed by atoms with Crippen molar-refractivity contribution in [3.05, 3.63) is 62.5 Å². The fourth-order valence-corrected chi connectivity index (χ4v) is 2.36. The molecule has 0 radical (unpaired) electrons. The molecule has 1 N–H and O–H groups in total. The lowest BCUT2D eigenvalue weighted by Crippen LogP contribution is -2.13. The number of anilines is 1. The summed E-state index contributed by atoms with van der Waals surface area (Å²) in [6.07, 6.45) is 0.